The standard InChI is InChI=1S/C11H12FNO2/c1-2-15-11(14)7-10(13)8-3-5-9(12)6-4-8/h3-7H,2,13H2,1H3. The van der Waals surface area contributed by atoms with Crippen molar-refractivity contribution in [3.05, 3.63) is 41.7 Å². The molecule has 0 radical (unpaired) electrons. The van der Waals surface area contributed by atoms with Crippen molar-refractivity contribution in [1.82, 2.24) is 0 Å². The molecule has 3 nitrogen and oxygen atoms in total. The minimum absolute atomic E-state index is 0.258. The van der Waals surface area contributed by atoms with Crippen LogP contribution in [0.2, 0.25) is 0 Å². The van der Waals surface area contributed by atoms with Gasteiger partial charge in [-0.25, -0.2) is 9.18 Å². The maximum Gasteiger partial charge on any atom is 0.332 e. The molecule has 0 heterocycles. The Morgan fingerprint density at radius 1 is 1.47 bits per heavy atom. The number of halogens is 1. The average molecular weight is 209 g/mol. The van der Waals surface area contributed by atoms with Crippen LogP contribution in [0.4, 0.5) is 4.39 Å². The maximum atomic E-state index is 12.6. The maximum absolute atomic E-state index is 12.6. The van der Waals surface area contributed by atoms with Crippen molar-refractivity contribution >= 4 is 11.7 Å². The number of ether oxygens (including phenoxy) is 1. The highest BCUT2D eigenvalue weighted by molar-refractivity contribution is 5.90. The minimum atomic E-state index is -0.501. The number of esters is 1. The molecule has 1 aromatic rings. The Labute approximate surface area is 87.3 Å². The molecule has 0 aliphatic heterocycles. The Morgan fingerprint density at radius 2 is 2.07 bits per heavy atom. The highest BCUT2D eigenvalue weighted by atomic mass is 19.1. The van der Waals surface area contributed by atoms with E-state index in [1.165, 1.54) is 30.3 Å². The molecule has 1 rings (SSSR count). The van der Waals surface area contributed by atoms with E-state index in [0.717, 1.165) is 0 Å². The van der Waals surface area contributed by atoms with Crippen LogP contribution >= 0.6 is 0 Å². The summed E-state index contributed by atoms with van der Waals surface area (Å²) in [6.45, 7) is 2.01. The average Bonchev–Trinajstić information content (AvgIpc) is 2.18. The molecule has 0 aliphatic carbocycles. The van der Waals surface area contributed by atoms with Crippen LogP contribution in [0.5, 0.6) is 0 Å². The highest BCUT2D eigenvalue weighted by Crippen LogP contribution is 2.09. The van der Waals surface area contributed by atoms with Gasteiger partial charge in [-0.3, -0.25) is 0 Å². The topological polar surface area (TPSA) is 52.3 Å². The second-order valence-electron chi connectivity index (χ2n) is 2.86. The quantitative estimate of drug-likeness (QED) is 0.608. The third-order valence-corrected chi connectivity index (χ3v) is 1.74. The molecule has 0 amide bonds. The van der Waals surface area contributed by atoms with Crippen LogP contribution in [0, 0.1) is 5.82 Å². The van der Waals surface area contributed by atoms with Crippen LogP contribution in [0.25, 0.3) is 5.70 Å². The summed E-state index contributed by atoms with van der Waals surface area (Å²) >= 11 is 0. The zero-order chi connectivity index (χ0) is 11.3. The number of carbonyl (C=O) groups excluding carboxylic acids is 1. The van der Waals surface area contributed by atoms with Gasteiger partial charge < -0.3 is 10.5 Å². The van der Waals surface area contributed by atoms with Gasteiger partial charge in [-0.05, 0) is 24.6 Å². The molecular formula is C11H12FNO2. The molecule has 0 fully saturated rings. The van der Waals surface area contributed by atoms with Crippen molar-refractivity contribution in [2.75, 3.05) is 6.61 Å². The number of carbonyl (C=O) groups is 1. The van der Waals surface area contributed by atoms with Gasteiger partial charge in [-0.2, -0.15) is 0 Å². The Bertz CT molecular complexity index is 371. The van der Waals surface area contributed by atoms with Crippen LogP contribution < -0.4 is 5.73 Å². The SMILES string of the molecule is CCOC(=O)C=C(N)c1ccc(F)cc1. The summed E-state index contributed by atoms with van der Waals surface area (Å²) < 4.78 is 17.3. The van der Waals surface area contributed by atoms with E-state index in [-0.39, 0.29) is 11.5 Å². The van der Waals surface area contributed by atoms with E-state index in [1.54, 1.807) is 6.92 Å². The molecule has 4 heteroatoms. The van der Waals surface area contributed by atoms with E-state index in [9.17, 15) is 9.18 Å². The molecule has 0 saturated heterocycles. The Hall–Kier alpha value is -1.84. The monoisotopic (exact) mass is 209 g/mol. The largest absolute Gasteiger partial charge is 0.463 e. The zero-order valence-electron chi connectivity index (χ0n) is 8.37. The fourth-order valence-electron chi connectivity index (χ4n) is 1.04. The number of hydrogen-bond donors (Lipinski definition) is 1. The van der Waals surface area contributed by atoms with Crippen LogP contribution in [-0.2, 0) is 9.53 Å². The first-order valence-corrected chi connectivity index (χ1v) is 4.53. The highest BCUT2D eigenvalue weighted by Gasteiger charge is 2.01. The lowest BCUT2D eigenvalue weighted by Gasteiger charge is -2.01. The second-order valence-corrected chi connectivity index (χ2v) is 2.86. The van der Waals surface area contributed by atoms with E-state index >= 15 is 0 Å². The van der Waals surface area contributed by atoms with Gasteiger partial charge in [0.2, 0.25) is 0 Å². The molecule has 0 atom stereocenters. The van der Waals surface area contributed by atoms with Gasteiger partial charge >= 0.3 is 5.97 Å². The Balaban J connectivity index is 2.79. The fraction of sp³-hybridized carbons (Fsp3) is 0.182. The molecule has 0 spiro atoms. The summed E-state index contributed by atoms with van der Waals surface area (Å²) in [5, 5.41) is 0. The molecule has 15 heavy (non-hydrogen) atoms. The Morgan fingerprint density at radius 3 is 2.60 bits per heavy atom. The predicted molar refractivity (Wildman–Crippen MR) is 55.2 cm³/mol. The van der Waals surface area contributed by atoms with Crippen LogP contribution in [-0.4, -0.2) is 12.6 Å². The van der Waals surface area contributed by atoms with Gasteiger partial charge in [-0.15, -0.1) is 0 Å². The summed E-state index contributed by atoms with van der Waals surface area (Å²) in [5.74, 6) is -0.845. The lowest BCUT2D eigenvalue weighted by Crippen LogP contribution is -2.05. The van der Waals surface area contributed by atoms with Crippen molar-refractivity contribution in [2.24, 2.45) is 5.73 Å². The molecule has 0 bridgehead atoms. The first kappa shape index (κ1) is 11.2. The van der Waals surface area contributed by atoms with Gasteiger partial charge in [0.05, 0.1) is 6.61 Å². The van der Waals surface area contributed by atoms with E-state index in [4.69, 9.17) is 5.73 Å². The van der Waals surface area contributed by atoms with E-state index < -0.39 is 5.97 Å². The zero-order valence-corrected chi connectivity index (χ0v) is 8.37. The van der Waals surface area contributed by atoms with Crippen molar-refractivity contribution < 1.29 is 13.9 Å². The molecule has 0 unspecified atom stereocenters. The number of rotatable bonds is 3. The fourth-order valence-corrected chi connectivity index (χ4v) is 1.04. The lowest BCUT2D eigenvalue weighted by atomic mass is 10.1. The van der Waals surface area contributed by atoms with Gasteiger partial charge in [-0.1, -0.05) is 12.1 Å². The van der Waals surface area contributed by atoms with Crippen molar-refractivity contribution in [3.63, 3.8) is 0 Å². The number of hydrogen-bond acceptors (Lipinski definition) is 3. The normalized spacial score (nSPS) is 11.2. The predicted octanol–water partition coefficient (Wildman–Crippen LogP) is 1.69. The third kappa shape index (κ3) is 3.42. The van der Waals surface area contributed by atoms with Crippen LogP contribution in [0.1, 0.15) is 12.5 Å². The van der Waals surface area contributed by atoms with E-state index in [2.05, 4.69) is 4.74 Å². The summed E-state index contributed by atoms with van der Waals surface area (Å²) in [6.07, 6.45) is 1.18. The lowest BCUT2D eigenvalue weighted by molar-refractivity contribution is -0.137. The summed E-state index contributed by atoms with van der Waals surface area (Å²) in [7, 11) is 0. The van der Waals surface area contributed by atoms with Gasteiger partial charge in [0, 0.05) is 11.8 Å². The van der Waals surface area contributed by atoms with Crippen LogP contribution in [0.15, 0.2) is 30.3 Å². The third-order valence-electron chi connectivity index (χ3n) is 1.74. The Kier molecular flexibility index (Phi) is 3.85. The summed E-state index contributed by atoms with van der Waals surface area (Å²) in [4.78, 5) is 11.0. The number of benzene rings is 1. The molecule has 1 aromatic carbocycles. The van der Waals surface area contributed by atoms with Crippen molar-refractivity contribution in [2.45, 2.75) is 6.92 Å². The van der Waals surface area contributed by atoms with Gasteiger partial charge in [0.25, 0.3) is 0 Å². The number of nitrogens with two attached hydrogens (primary N) is 1. The van der Waals surface area contributed by atoms with Gasteiger partial charge in [0.1, 0.15) is 5.82 Å². The molecule has 2 N–H and O–H groups in total. The minimum Gasteiger partial charge on any atom is -0.463 e. The smallest absolute Gasteiger partial charge is 0.332 e. The molecule has 0 saturated carbocycles. The first-order valence-electron chi connectivity index (χ1n) is 4.53. The van der Waals surface area contributed by atoms with Crippen molar-refractivity contribution in [1.29, 1.82) is 0 Å². The van der Waals surface area contributed by atoms with E-state index in [0.29, 0.717) is 12.2 Å². The first-order chi connectivity index (χ1) is 7.13. The molecule has 0 aliphatic rings. The van der Waals surface area contributed by atoms with E-state index in [1.807, 2.05) is 0 Å². The second kappa shape index (κ2) is 5.14. The molecular weight excluding hydrogens is 197 g/mol. The summed E-state index contributed by atoms with van der Waals surface area (Å²) in [5.41, 5.74) is 6.46. The summed E-state index contributed by atoms with van der Waals surface area (Å²) in [6, 6.07) is 5.56. The van der Waals surface area contributed by atoms with Crippen LogP contribution in [0.3, 0.4) is 0 Å². The van der Waals surface area contributed by atoms with Gasteiger partial charge in [0.15, 0.2) is 0 Å². The van der Waals surface area contributed by atoms with Crippen molar-refractivity contribution in [3.8, 4) is 0 Å². The molecule has 80 valence electrons. The molecule has 0 aromatic heterocycles.